The normalized spacial score (nSPS) is 10.5. The zero-order valence-corrected chi connectivity index (χ0v) is 15.9. The Bertz CT molecular complexity index is 714. The van der Waals surface area contributed by atoms with Gasteiger partial charge in [-0.2, -0.15) is 0 Å². The van der Waals surface area contributed by atoms with Crippen molar-refractivity contribution in [1.82, 2.24) is 9.97 Å². The van der Waals surface area contributed by atoms with E-state index in [0.29, 0.717) is 24.7 Å². The molecule has 0 unspecified atom stereocenters. The maximum absolute atomic E-state index is 12.4. The molecular formula is C19H27N5O2. The van der Waals surface area contributed by atoms with E-state index < -0.39 is 0 Å². The summed E-state index contributed by atoms with van der Waals surface area (Å²) in [7, 11) is 1.63. The molecule has 0 aliphatic heterocycles. The summed E-state index contributed by atoms with van der Waals surface area (Å²) in [5.41, 5.74) is 3.37. The van der Waals surface area contributed by atoms with E-state index in [1.807, 2.05) is 19.1 Å². The number of ether oxygens (including phenoxy) is 1. The van der Waals surface area contributed by atoms with E-state index in [1.54, 1.807) is 7.11 Å². The average molecular weight is 357 g/mol. The fourth-order valence-electron chi connectivity index (χ4n) is 2.57. The maximum Gasteiger partial charge on any atom is 0.258 e. The van der Waals surface area contributed by atoms with Crippen molar-refractivity contribution in [2.45, 2.75) is 20.8 Å². The quantitative estimate of drug-likeness (QED) is 0.672. The second-order valence-electron chi connectivity index (χ2n) is 5.84. The summed E-state index contributed by atoms with van der Waals surface area (Å²) in [5.74, 6) is 0.241. The number of hydrogen-bond donors (Lipinski definition) is 2. The second-order valence-corrected chi connectivity index (χ2v) is 5.84. The van der Waals surface area contributed by atoms with Crippen molar-refractivity contribution in [3.63, 3.8) is 0 Å². The molecule has 1 aromatic carbocycles. The van der Waals surface area contributed by atoms with Gasteiger partial charge in [0.2, 0.25) is 5.95 Å². The third-order valence-corrected chi connectivity index (χ3v) is 4.09. The van der Waals surface area contributed by atoms with Crippen molar-refractivity contribution >= 4 is 23.2 Å². The number of rotatable bonds is 9. The molecule has 140 valence electrons. The van der Waals surface area contributed by atoms with Crippen LogP contribution in [0.5, 0.6) is 0 Å². The number of carbonyl (C=O) groups excluding carboxylic acids is 1. The van der Waals surface area contributed by atoms with Crippen LogP contribution in [-0.2, 0) is 4.74 Å². The first-order chi connectivity index (χ1) is 12.6. The Balaban J connectivity index is 2.03. The first kappa shape index (κ1) is 19.7. The molecule has 0 radical (unpaired) electrons. The Morgan fingerprint density at radius 2 is 1.88 bits per heavy atom. The molecule has 1 aromatic heterocycles. The van der Waals surface area contributed by atoms with Gasteiger partial charge in [0.1, 0.15) is 0 Å². The fourth-order valence-corrected chi connectivity index (χ4v) is 2.57. The van der Waals surface area contributed by atoms with Crippen molar-refractivity contribution < 1.29 is 9.53 Å². The van der Waals surface area contributed by atoms with Crippen LogP contribution in [0.2, 0.25) is 0 Å². The molecule has 7 nitrogen and oxygen atoms in total. The third-order valence-electron chi connectivity index (χ3n) is 4.09. The SMILES string of the molecule is CCN(CC)c1ccc(NC(=O)c2cnc(NCCOC)nc2)c(C)c1. The molecule has 2 rings (SSSR count). The van der Waals surface area contributed by atoms with Crippen LogP contribution in [0, 0.1) is 6.92 Å². The highest BCUT2D eigenvalue weighted by Gasteiger charge is 2.11. The topological polar surface area (TPSA) is 79.4 Å². The van der Waals surface area contributed by atoms with Crippen molar-refractivity contribution in [3.05, 3.63) is 41.7 Å². The molecule has 26 heavy (non-hydrogen) atoms. The standard InChI is InChI=1S/C19H27N5O2/c1-5-24(6-2)16-7-8-17(14(3)11-16)23-18(25)15-12-21-19(22-13-15)20-9-10-26-4/h7-8,11-13H,5-6,9-10H2,1-4H3,(H,23,25)(H,20,21,22). The second kappa shape index (κ2) is 9.72. The molecule has 0 saturated carbocycles. The lowest BCUT2D eigenvalue weighted by atomic mass is 10.1. The van der Waals surface area contributed by atoms with Gasteiger partial charge in [-0.15, -0.1) is 0 Å². The molecule has 7 heteroatoms. The highest BCUT2D eigenvalue weighted by atomic mass is 16.5. The average Bonchev–Trinajstić information content (AvgIpc) is 2.65. The van der Waals surface area contributed by atoms with Gasteiger partial charge in [0.05, 0.1) is 12.2 Å². The molecule has 0 aliphatic rings. The zero-order chi connectivity index (χ0) is 18.9. The fraction of sp³-hybridized carbons (Fsp3) is 0.421. The third kappa shape index (κ3) is 5.16. The molecule has 0 spiro atoms. The van der Waals surface area contributed by atoms with Crippen LogP contribution < -0.4 is 15.5 Å². The Morgan fingerprint density at radius 1 is 1.19 bits per heavy atom. The molecule has 0 fully saturated rings. The maximum atomic E-state index is 12.4. The van der Waals surface area contributed by atoms with Crippen molar-refractivity contribution in [1.29, 1.82) is 0 Å². The lowest BCUT2D eigenvalue weighted by Gasteiger charge is -2.22. The van der Waals surface area contributed by atoms with E-state index >= 15 is 0 Å². The van der Waals surface area contributed by atoms with E-state index in [1.165, 1.54) is 12.4 Å². The predicted octanol–water partition coefficient (Wildman–Crippen LogP) is 2.94. The highest BCUT2D eigenvalue weighted by Crippen LogP contribution is 2.23. The van der Waals surface area contributed by atoms with Gasteiger partial charge in [-0.3, -0.25) is 4.79 Å². The molecule has 1 heterocycles. The van der Waals surface area contributed by atoms with Gasteiger partial charge in [-0.25, -0.2) is 9.97 Å². The zero-order valence-electron chi connectivity index (χ0n) is 15.9. The number of carbonyl (C=O) groups is 1. The number of aryl methyl sites for hydroxylation is 1. The molecule has 0 bridgehead atoms. The van der Waals surface area contributed by atoms with Gasteiger partial charge in [-0.05, 0) is 44.5 Å². The van der Waals surface area contributed by atoms with Gasteiger partial charge in [0.25, 0.3) is 5.91 Å². The van der Waals surface area contributed by atoms with E-state index in [2.05, 4.69) is 45.4 Å². The van der Waals surface area contributed by atoms with Crippen molar-refractivity contribution in [3.8, 4) is 0 Å². The number of benzene rings is 1. The Kier molecular flexibility index (Phi) is 7.35. The number of anilines is 3. The Morgan fingerprint density at radius 3 is 2.46 bits per heavy atom. The minimum absolute atomic E-state index is 0.230. The summed E-state index contributed by atoms with van der Waals surface area (Å²) in [6.07, 6.45) is 3.02. The molecule has 2 N–H and O–H groups in total. The van der Waals surface area contributed by atoms with Crippen LogP contribution in [0.1, 0.15) is 29.8 Å². The van der Waals surface area contributed by atoms with Crippen molar-refractivity contribution in [2.75, 3.05) is 48.9 Å². The minimum Gasteiger partial charge on any atom is -0.383 e. The lowest BCUT2D eigenvalue weighted by molar-refractivity contribution is 0.102. The largest absolute Gasteiger partial charge is 0.383 e. The predicted molar refractivity (Wildman–Crippen MR) is 105 cm³/mol. The van der Waals surface area contributed by atoms with Crippen LogP contribution in [-0.4, -0.2) is 49.2 Å². The van der Waals surface area contributed by atoms with Crippen LogP contribution in [0.3, 0.4) is 0 Å². The van der Waals surface area contributed by atoms with Crippen LogP contribution >= 0.6 is 0 Å². The van der Waals surface area contributed by atoms with E-state index in [0.717, 1.165) is 30.0 Å². The number of amides is 1. The van der Waals surface area contributed by atoms with Crippen LogP contribution in [0.4, 0.5) is 17.3 Å². The summed E-state index contributed by atoms with van der Waals surface area (Å²) in [6.45, 7) is 9.31. The van der Waals surface area contributed by atoms with E-state index in [9.17, 15) is 4.79 Å². The van der Waals surface area contributed by atoms with E-state index in [4.69, 9.17) is 4.74 Å². The van der Waals surface area contributed by atoms with E-state index in [-0.39, 0.29) is 5.91 Å². The Hall–Kier alpha value is -2.67. The number of nitrogens with one attached hydrogen (secondary N) is 2. The molecule has 0 atom stereocenters. The molecule has 0 aliphatic carbocycles. The number of nitrogens with zero attached hydrogens (tertiary/aromatic N) is 3. The van der Waals surface area contributed by atoms with Gasteiger partial charge in [0.15, 0.2) is 0 Å². The molecule has 0 saturated heterocycles. The summed E-state index contributed by atoms with van der Waals surface area (Å²) in [6, 6.07) is 6.04. The smallest absolute Gasteiger partial charge is 0.258 e. The number of methoxy groups -OCH3 is 1. The molecule has 1 amide bonds. The van der Waals surface area contributed by atoms with Crippen LogP contribution in [0.15, 0.2) is 30.6 Å². The lowest BCUT2D eigenvalue weighted by Crippen LogP contribution is -2.22. The van der Waals surface area contributed by atoms with Gasteiger partial charge in [-0.1, -0.05) is 0 Å². The molecule has 2 aromatic rings. The van der Waals surface area contributed by atoms with Crippen molar-refractivity contribution in [2.24, 2.45) is 0 Å². The van der Waals surface area contributed by atoms with Gasteiger partial charge in [0, 0.05) is 50.5 Å². The number of hydrogen-bond acceptors (Lipinski definition) is 6. The first-order valence-corrected chi connectivity index (χ1v) is 8.80. The molecular weight excluding hydrogens is 330 g/mol. The summed E-state index contributed by atoms with van der Waals surface area (Å²) < 4.78 is 4.96. The monoisotopic (exact) mass is 357 g/mol. The minimum atomic E-state index is -0.230. The Labute approximate surface area is 154 Å². The summed E-state index contributed by atoms with van der Waals surface area (Å²) in [5, 5.41) is 5.94. The first-order valence-electron chi connectivity index (χ1n) is 8.80. The highest BCUT2D eigenvalue weighted by molar-refractivity contribution is 6.04. The van der Waals surface area contributed by atoms with Gasteiger partial charge < -0.3 is 20.3 Å². The van der Waals surface area contributed by atoms with Crippen LogP contribution in [0.25, 0.3) is 0 Å². The van der Waals surface area contributed by atoms with Gasteiger partial charge >= 0.3 is 0 Å². The number of aromatic nitrogens is 2. The summed E-state index contributed by atoms with van der Waals surface area (Å²) >= 11 is 0. The summed E-state index contributed by atoms with van der Waals surface area (Å²) in [4.78, 5) is 23.0.